The minimum atomic E-state index is 0.522. The molecule has 3 aromatic rings. The van der Waals surface area contributed by atoms with Gasteiger partial charge in [0, 0.05) is 4.47 Å². The zero-order valence-electron chi connectivity index (χ0n) is 11.5. The van der Waals surface area contributed by atoms with Crippen LogP contribution >= 0.6 is 15.9 Å². The standard InChI is InChI=1S/C18H15BrO2/c19-16-6-9-17(10-7-16)20-11-12-21-18-8-5-14-3-1-2-4-15(14)13-18/h1-10,13H,11-12H2. The fraction of sp³-hybridized carbons (Fsp3) is 0.111. The Bertz CT molecular complexity index is 723. The Hall–Kier alpha value is -2.00. The normalized spacial score (nSPS) is 10.5. The first-order chi connectivity index (χ1) is 10.3. The molecule has 0 N–H and O–H groups in total. The van der Waals surface area contributed by atoms with Gasteiger partial charge in [-0.3, -0.25) is 0 Å². The highest BCUT2D eigenvalue weighted by Gasteiger charge is 1.98. The van der Waals surface area contributed by atoms with Crippen molar-refractivity contribution < 1.29 is 9.47 Å². The highest BCUT2D eigenvalue weighted by molar-refractivity contribution is 9.10. The quantitative estimate of drug-likeness (QED) is 0.603. The third-order valence-corrected chi connectivity index (χ3v) is 3.68. The van der Waals surface area contributed by atoms with Crippen LogP contribution in [0.4, 0.5) is 0 Å². The Morgan fingerprint density at radius 2 is 1.29 bits per heavy atom. The van der Waals surface area contributed by atoms with E-state index in [4.69, 9.17) is 9.47 Å². The molecule has 0 amide bonds. The molecule has 0 heterocycles. The molecule has 0 aliphatic carbocycles. The third-order valence-electron chi connectivity index (χ3n) is 3.16. The van der Waals surface area contributed by atoms with E-state index in [1.807, 2.05) is 42.5 Å². The van der Waals surface area contributed by atoms with Crippen LogP contribution in [-0.2, 0) is 0 Å². The molecular weight excluding hydrogens is 328 g/mol. The molecule has 3 rings (SSSR count). The Morgan fingerprint density at radius 1 is 0.667 bits per heavy atom. The number of ether oxygens (including phenoxy) is 2. The number of hydrogen-bond donors (Lipinski definition) is 0. The lowest BCUT2D eigenvalue weighted by Gasteiger charge is -2.09. The molecule has 0 aliphatic heterocycles. The van der Waals surface area contributed by atoms with Crippen molar-refractivity contribution in [3.63, 3.8) is 0 Å². The zero-order chi connectivity index (χ0) is 14.5. The molecule has 0 unspecified atom stereocenters. The summed E-state index contributed by atoms with van der Waals surface area (Å²) in [5, 5.41) is 2.40. The van der Waals surface area contributed by atoms with Gasteiger partial charge >= 0.3 is 0 Å². The van der Waals surface area contributed by atoms with Crippen molar-refractivity contribution in [1.82, 2.24) is 0 Å². The van der Waals surface area contributed by atoms with Gasteiger partial charge < -0.3 is 9.47 Å². The molecule has 2 nitrogen and oxygen atoms in total. The van der Waals surface area contributed by atoms with Crippen molar-refractivity contribution >= 4 is 26.7 Å². The highest BCUT2D eigenvalue weighted by Crippen LogP contribution is 2.20. The van der Waals surface area contributed by atoms with Crippen LogP contribution in [0, 0.1) is 0 Å². The molecule has 0 aliphatic rings. The molecule has 21 heavy (non-hydrogen) atoms. The summed E-state index contributed by atoms with van der Waals surface area (Å²) in [6.45, 7) is 1.04. The van der Waals surface area contributed by atoms with Crippen molar-refractivity contribution in [2.24, 2.45) is 0 Å². The minimum Gasteiger partial charge on any atom is -0.490 e. The fourth-order valence-electron chi connectivity index (χ4n) is 2.11. The Labute approximate surface area is 132 Å². The predicted octanol–water partition coefficient (Wildman–Crippen LogP) is 5.06. The summed E-state index contributed by atoms with van der Waals surface area (Å²) in [6.07, 6.45) is 0. The van der Waals surface area contributed by atoms with Crippen molar-refractivity contribution in [2.45, 2.75) is 0 Å². The van der Waals surface area contributed by atoms with Crippen LogP contribution in [0.1, 0.15) is 0 Å². The minimum absolute atomic E-state index is 0.522. The molecule has 106 valence electrons. The lowest BCUT2D eigenvalue weighted by Crippen LogP contribution is -2.08. The summed E-state index contributed by atoms with van der Waals surface area (Å²) in [5.41, 5.74) is 0. The lowest BCUT2D eigenvalue weighted by atomic mass is 10.1. The summed E-state index contributed by atoms with van der Waals surface area (Å²) >= 11 is 3.40. The van der Waals surface area contributed by atoms with E-state index in [9.17, 15) is 0 Å². The van der Waals surface area contributed by atoms with Gasteiger partial charge in [0.15, 0.2) is 0 Å². The van der Waals surface area contributed by atoms with Crippen LogP contribution in [0.2, 0.25) is 0 Å². The Morgan fingerprint density at radius 3 is 2.05 bits per heavy atom. The largest absolute Gasteiger partial charge is 0.490 e. The van der Waals surface area contributed by atoms with Gasteiger partial charge in [0.25, 0.3) is 0 Å². The number of fused-ring (bicyclic) bond motifs is 1. The Balaban J connectivity index is 1.53. The van der Waals surface area contributed by atoms with Crippen molar-refractivity contribution in [3.8, 4) is 11.5 Å². The summed E-state index contributed by atoms with van der Waals surface area (Å²) in [6, 6.07) is 22.1. The second kappa shape index (κ2) is 6.64. The smallest absolute Gasteiger partial charge is 0.122 e. The number of hydrogen-bond acceptors (Lipinski definition) is 2. The summed E-state index contributed by atoms with van der Waals surface area (Å²) in [7, 11) is 0. The maximum Gasteiger partial charge on any atom is 0.122 e. The molecule has 0 aromatic heterocycles. The summed E-state index contributed by atoms with van der Waals surface area (Å²) < 4.78 is 12.4. The molecule has 3 aromatic carbocycles. The number of benzene rings is 3. The first-order valence-corrected chi connectivity index (χ1v) is 7.60. The van der Waals surface area contributed by atoms with Crippen molar-refractivity contribution in [3.05, 3.63) is 71.2 Å². The average Bonchev–Trinajstić information content (AvgIpc) is 2.53. The molecular formula is C18H15BrO2. The first kappa shape index (κ1) is 14.0. The van der Waals surface area contributed by atoms with E-state index in [0.29, 0.717) is 13.2 Å². The van der Waals surface area contributed by atoms with Crippen molar-refractivity contribution in [2.75, 3.05) is 13.2 Å². The first-order valence-electron chi connectivity index (χ1n) is 6.81. The molecule has 0 atom stereocenters. The molecule has 0 spiro atoms. The topological polar surface area (TPSA) is 18.5 Å². The lowest BCUT2D eigenvalue weighted by molar-refractivity contribution is 0.217. The van der Waals surface area contributed by atoms with Gasteiger partial charge in [0.1, 0.15) is 24.7 Å². The van der Waals surface area contributed by atoms with Crippen LogP contribution in [-0.4, -0.2) is 13.2 Å². The van der Waals surface area contributed by atoms with E-state index in [2.05, 4.69) is 40.2 Å². The average molecular weight is 343 g/mol. The monoisotopic (exact) mass is 342 g/mol. The molecule has 3 heteroatoms. The van der Waals surface area contributed by atoms with Gasteiger partial charge in [0.2, 0.25) is 0 Å². The number of halogens is 1. The maximum absolute atomic E-state index is 5.73. The fourth-order valence-corrected chi connectivity index (χ4v) is 2.37. The zero-order valence-corrected chi connectivity index (χ0v) is 13.0. The van der Waals surface area contributed by atoms with Gasteiger partial charge in [-0.1, -0.05) is 46.3 Å². The second-order valence-corrected chi connectivity index (χ2v) is 5.58. The molecule has 0 saturated heterocycles. The number of rotatable bonds is 5. The predicted molar refractivity (Wildman–Crippen MR) is 89.1 cm³/mol. The van der Waals surface area contributed by atoms with Crippen LogP contribution in [0.3, 0.4) is 0 Å². The third kappa shape index (κ3) is 3.76. The Kier molecular flexibility index (Phi) is 4.41. The second-order valence-electron chi connectivity index (χ2n) is 4.66. The van der Waals surface area contributed by atoms with Crippen LogP contribution in [0.15, 0.2) is 71.2 Å². The molecule has 0 saturated carbocycles. The van der Waals surface area contributed by atoms with E-state index in [-0.39, 0.29) is 0 Å². The van der Waals surface area contributed by atoms with E-state index >= 15 is 0 Å². The van der Waals surface area contributed by atoms with E-state index in [1.165, 1.54) is 10.8 Å². The van der Waals surface area contributed by atoms with E-state index < -0.39 is 0 Å². The van der Waals surface area contributed by atoms with Gasteiger partial charge in [-0.2, -0.15) is 0 Å². The highest BCUT2D eigenvalue weighted by atomic mass is 79.9. The van der Waals surface area contributed by atoms with Crippen LogP contribution in [0.5, 0.6) is 11.5 Å². The SMILES string of the molecule is Brc1ccc(OCCOc2ccc3ccccc3c2)cc1. The molecule has 0 fully saturated rings. The summed E-state index contributed by atoms with van der Waals surface area (Å²) in [5.74, 6) is 1.72. The maximum atomic E-state index is 5.73. The molecule has 0 radical (unpaired) electrons. The van der Waals surface area contributed by atoms with Crippen molar-refractivity contribution in [1.29, 1.82) is 0 Å². The van der Waals surface area contributed by atoms with E-state index in [1.54, 1.807) is 0 Å². The van der Waals surface area contributed by atoms with Crippen LogP contribution < -0.4 is 9.47 Å². The van der Waals surface area contributed by atoms with Gasteiger partial charge in [-0.25, -0.2) is 0 Å². The molecule has 0 bridgehead atoms. The van der Waals surface area contributed by atoms with Gasteiger partial charge in [0.05, 0.1) is 0 Å². The summed E-state index contributed by atoms with van der Waals surface area (Å²) in [4.78, 5) is 0. The van der Waals surface area contributed by atoms with Gasteiger partial charge in [-0.05, 0) is 47.2 Å². The van der Waals surface area contributed by atoms with Gasteiger partial charge in [-0.15, -0.1) is 0 Å². The van der Waals surface area contributed by atoms with Crippen LogP contribution in [0.25, 0.3) is 10.8 Å². The van der Waals surface area contributed by atoms with E-state index in [0.717, 1.165) is 16.0 Å².